The number of nitriles is 1. The molecule has 0 fully saturated rings. The van der Waals surface area contributed by atoms with Gasteiger partial charge in [-0.1, -0.05) is 11.8 Å². The highest BCUT2D eigenvalue weighted by Crippen LogP contribution is 2.15. The number of imidazole rings is 1. The van der Waals surface area contributed by atoms with E-state index in [1.165, 1.54) is 11.8 Å². The molecule has 0 aliphatic heterocycles. The number of rotatable bonds is 6. The SMILES string of the molecule is CSc1ncc(C#N)c(NCCCn2ccnc2C)n1. The molecule has 0 saturated carbocycles. The van der Waals surface area contributed by atoms with Crippen molar-refractivity contribution in [2.45, 2.75) is 25.0 Å². The van der Waals surface area contributed by atoms with Gasteiger partial charge < -0.3 is 9.88 Å². The topological polar surface area (TPSA) is 79.4 Å². The highest BCUT2D eigenvalue weighted by Gasteiger charge is 2.06. The molecule has 0 unspecified atom stereocenters. The summed E-state index contributed by atoms with van der Waals surface area (Å²) in [7, 11) is 0. The lowest BCUT2D eigenvalue weighted by atomic mass is 10.3. The highest BCUT2D eigenvalue weighted by atomic mass is 32.2. The van der Waals surface area contributed by atoms with Crippen molar-refractivity contribution >= 4 is 17.6 Å². The van der Waals surface area contributed by atoms with Gasteiger partial charge in [0, 0.05) is 25.5 Å². The molecule has 20 heavy (non-hydrogen) atoms. The first-order valence-corrected chi connectivity index (χ1v) is 7.50. The molecule has 1 N–H and O–H groups in total. The minimum absolute atomic E-state index is 0.474. The summed E-state index contributed by atoms with van der Waals surface area (Å²) in [5.74, 6) is 1.61. The summed E-state index contributed by atoms with van der Waals surface area (Å²) < 4.78 is 2.10. The van der Waals surface area contributed by atoms with Gasteiger partial charge in [-0.15, -0.1) is 0 Å². The van der Waals surface area contributed by atoms with Crippen molar-refractivity contribution in [2.24, 2.45) is 0 Å². The average Bonchev–Trinajstić information content (AvgIpc) is 2.88. The maximum atomic E-state index is 9.04. The van der Waals surface area contributed by atoms with Crippen LogP contribution in [0.3, 0.4) is 0 Å². The van der Waals surface area contributed by atoms with E-state index in [1.54, 1.807) is 12.4 Å². The second kappa shape index (κ2) is 6.91. The molecule has 2 heterocycles. The summed E-state index contributed by atoms with van der Waals surface area (Å²) in [5.41, 5.74) is 0.474. The Morgan fingerprint density at radius 2 is 2.30 bits per heavy atom. The normalized spacial score (nSPS) is 10.2. The van der Waals surface area contributed by atoms with Gasteiger partial charge in [-0.3, -0.25) is 0 Å². The largest absolute Gasteiger partial charge is 0.369 e. The van der Waals surface area contributed by atoms with Gasteiger partial charge in [-0.05, 0) is 19.6 Å². The highest BCUT2D eigenvalue weighted by molar-refractivity contribution is 7.98. The Hall–Kier alpha value is -2.07. The number of aromatic nitrogens is 4. The fourth-order valence-electron chi connectivity index (χ4n) is 1.78. The maximum absolute atomic E-state index is 9.04. The Kier molecular flexibility index (Phi) is 4.96. The van der Waals surface area contributed by atoms with Crippen LogP contribution in [-0.4, -0.2) is 32.3 Å². The summed E-state index contributed by atoms with van der Waals surface area (Å²) in [6.45, 7) is 3.62. The number of nitrogens with zero attached hydrogens (tertiary/aromatic N) is 5. The van der Waals surface area contributed by atoms with E-state index < -0.39 is 0 Å². The fraction of sp³-hybridized carbons (Fsp3) is 0.385. The van der Waals surface area contributed by atoms with E-state index in [2.05, 4.69) is 30.9 Å². The lowest BCUT2D eigenvalue weighted by Crippen LogP contribution is -2.10. The molecule has 0 spiro atoms. The van der Waals surface area contributed by atoms with Crippen LogP contribution in [0.2, 0.25) is 0 Å². The van der Waals surface area contributed by atoms with Crippen molar-refractivity contribution in [3.05, 3.63) is 30.0 Å². The molecule has 2 aromatic heterocycles. The molecule has 0 bridgehead atoms. The van der Waals surface area contributed by atoms with Crippen LogP contribution in [-0.2, 0) is 6.54 Å². The van der Waals surface area contributed by atoms with Crippen LogP contribution in [0.1, 0.15) is 17.8 Å². The Bertz CT molecular complexity index is 616. The summed E-state index contributed by atoms with van der Waals surface area (Å²) in [6, 6.07) is 2.10. The van der Waals surface area contributed by atoms with E-state index in [1.807, 2.05) is 19.4 Å². The van der Waals surface area contributed by atoms with Crippen molar-refractivity contribution in [2.75, 3.05) is 18.1 Å². The lowest BCUT2D eigenvalue weighted by molar-refractivity contribution is 0.641. The van der Waals surface area contributed by atoms with Crippen molar-refractivity contribution in [1.29, 1.82) is 5.26 Å². The molecule has 0 atom stereocenters. The zero-order chi connectivity index (χ0) is 14.4. The molecule has 6 nitrogen and oxygen atoms in total. The zero-order valence-corrected chi connectivity index (χ0v) is 12.3. The van der Waals surface area contributed by atoms with Gasteiger partial charge in [-0.25, -0.2) is 15.0 Å². The third-order valence-corrected chi connectivity index (χ3v) is 3.42. The number of hydrogen-bond donors (Lipinski definition) is 1. The molecule has 0 aliphatic rings. The third kappa shape index (κ3) is 3.48. The number of aryl methyl sites for hydroxylation is 2. The van der Waals surface area contributed by atoms with Crippen LogP contribution in [0.5, 0.6) is 0 Å². The van der Waals surface area contributed by atoms with E-state index in [0.29, 0.717) is 16.5 Å². The molecule has 0 radical (unpaired) electrons. The van der Waals surface area contributed by atoms with Crippen LogP contribution in [0, 0.1) is 18.3 Å². The summed E-state index contributed by atoms with van der Waals surface area (Å²) in [6.07, 6.45) is 8.16. The van der Waals surface area contributed by atoms with Gasteiger partial charge in [0.2, 0.25) is 0 Å². The van der Waals surface area contributed by atoms with Crippen LogP contribution in [0.4, 0.5) is 5.82 Å². The molecule has 2 rings (SSSR count). The first-order chi connectivity index (χ1) is 9.74. The molecule has 0 saturated heterocycles. The van der Waals surface area contributed by atoms with Gasteiger partial charge in [0.15, 0.2) is 5.16 Å². The first kappa shape index (κ1) is 14.3. The standard InChI is InChI=1S/C13H16N6S/c1-10-15-5-7-19(10)6-3-4-16-12-11(8-14)9-17-13(18-12)20-2/h5,7,9H,3-4,6H2,1-2H3,(H,16,17,18). The van der Waals surface area contributed by atoms with Gasteiger partial charge >= 0.3 is 0 Å². The Morgan fingerprint density at radius 3 is 2.95 bits per heavy atom. The van der Waals surface area contributed by atoms with Crippen LogP contribution in [0.25, 0.3) is 0 Å². The smallest absolute Gasteiger partial charge is 0.189 e. The van der Waals surface area contributed by atoms with Gasteiger partial charge in [0.1, 0.15) is 23.3 Å². The summed E-state index contributed by atoms with van der Waals surface area (Å²) in [4.78, 5) is 12.6. The first-order valence-electron chi connectivity index (χ1n) is 6.27. The van der Waals surface area contributed by atoms with Crippen LogP contribution >= 0.6 is 11.8 Å². The molecule has 0 amide bonds. The predicted octanol–water partition coefficient (Wildman–Crippen LogP) is 2.08. The molecular weight excluding hydrogens is 272 g/mol. The predicted molar refractivity (Wildman–Crippen MR) is 78.6 cm³/mol. The Labute approximate surface area is 122 Å². The number of thioether (sulfide) groups is 1. The molecule has 7 heteroatoms. The Balaban J connectivity index is 1.90. The van der Waals surface area contributed by atoms with E-state index in [-0.39, 0.29) is 0 Å². The van der Waals surface area contributed by atoms with E-state index in [0.717, 1.165) is 25.3 Å². The molecule has 2 aromatic rings. The minimum atomic E-state index is 0.474. The number of nitrogens with one attached hydrogen (secondary N) is 1. The zero-order valence-electron chi connectivity index (χ0n) is 11.5. The summed E-state index contributed by atoms with van der Waals surface area (Å²) in [5, 5.41) is 12.9. The second-order valence-electron chi connectivity index (χ2n) is 4.18. The fourth-order valence-corrected chi connectivity index (χ4v) is 2.12. The van der Waals surface area contributed by atoms with Gasteiger partial charge in [0.05, 0.1) is 6.20 Å². The average molecular weight is 288 g/mol. The monoisotopic (exact) mass is 288 g/mol. The number of hydrogen-bond acceptors (Lipinski definition) is 6. The minimum Gasteiger partial charge on any atom is -0.369 e. The van der Waals surface area contributed by atoms with Crippen molar-refractivity contribution in [3.8, 4) is 6.07 Å². The van der Waals surface area contributed by atoms with E-state index >= 15 is 0 Å². The van der Waals surface area contributed by atoms with Gasteiger partial charge in [0.25, 0.3) is 0 Å². The van der Waals surface area contributed by atoms with Gasteiger partial charge in [-0.2, -0.15) is 5.26 Å². The van der Waals surface area contributed by atoms with Crippen LogP contribution < -0.4 is 5.32 Å². The van der Waals surface area contributed by atoms with E-state index in [9.17, 15) is 0 Å². The summed E-state index contributed by atoms with van der Waals surface area (Å²) >= 11 is 1.46. The van der Waals surface area contributed by atoms with Crippen molar-refractivity contribution in [3.63, 3.8) is 0 Å². The van der Waals surface area contributed by atoms with E-state index in [4.69, 9.17) is 5.26 Å². The third-order valence-electron chi connectivity index (χ3n) is 2.86. The quantitative estimate of drug-likeness (QED) is 0.498. The molecule has 0 aliphatic carbocycles. The molecule has 104 valence electrons. The second-order valence-corrected chi connectivity index (χ2v) is 4.95. The van der Waals surface area contributed by atoms with Crippen molar-refractivity contribution in [1.82, 2.24) is 19.5 Å². The van der Waals surface area contributed by atoms with Crippen LogP contribution in [0.15, 0.2) is 23.7 Å². The maximum Gasteiger partial charge on any atom is 0.189 e. The molecular formula is C13H16N6S. The Morgan fingerprint density at radius 1 is 1.45 bits per heavy atom. The number of anilines is 1. The van der Waals surface area contributed by atoms with Crippen molar-refractivity contribution < 1.29 is 0 Å². The molecule has 0 aromatic carbocycles. The lowest BCUT2D eigenvalue weighted by Gasteiger charge is -2.09.